The molecule has 1 N–H and O–H groups in total. The lowest BCUT2D eigenvalue weighted by Crippen LogP contribution is -2.18. The number of carbonyl (C=O) groups is 1. The van der Waals surface area contributed by atoms with Crippen molar-refractivity contribution >= 4 is 23.0 Å². The van der Waals surface area contributed by atoms with Crippen molar-refractivity contribution in [3.05, 3.63) is 102 Å². The van der Waals surface area contributed by atoms with Gasteiger partial charge in [-0.15, -0.1) is 0 Å². The van der Waals surface area contributed by atoms with Crippen LogP contribution < -0.4 is 5.43 Å². The number of para-hydroxylation sites is 1. The highest BCUT2D eigenvalue weighted by Crippen LogP contribution is 2.25. The molecule has 3 aromatic carbocycles. The minimum Gasteiger partial charge on any atom is -0.267 e. The Morgan fingerprint density at radius 1 is 0.897 bits per heavy atom. The summed E-state index contributed by atoms with van der Waals surface area (Å²) in [6, 6.07) is 20.6. The van der Waals surface area contributed by atoms with Gasteiger partial charge in [0.2, 0.25) is 0 Å². The van der Waals surface area contributed by atoms with Crippen LogP contribution in [0.4, 0.5) is 8.78 Å². The Morgan fingerprint density at radius 2 is 1.55 bits per heavy atom. The fraction of sp³-hybridized carbons (Fsp3) is 0. The summed E-state index contributed by atoms with van der Waals surface area (Å²) in [5, 5.41) is 4.63. The summed E-state index contributed by atoms with van der Waals surface area (Å²) in [6.07, 6.45) is 1.43. The first-order valence-electron chi connectivity index (χ1n) is 8.85. The summed E-state index contributed by atoms with van der Waals surface area (Å²) in [4.78, 5) is 17.3. The molecule has 4 rings (SSSR count). The third kappa shape index (κ3) is 4.16. The van der Waals surface area contributed by atoms with Gasteiger partial charge in [0.05, 0.1) is 23.0 Å². The van der Waals surface area contributed by atoms with Crippen LogP contribution in [0.3, 0.4) is 0 Å². The Kier molecular flexibility index (Phi) is 5.07. The molecule has 1 aromatic heterocycles. The van der Waals surface area contributed by atoms with E-state index in [1.807, 2.05) is 12.1 Å². The van der Waals surface area contributed by atoms with E-state index < -0.39 is 5.91 Å². The van der Waals surface area contributed by atoms with Crippen LogP contribution in [0.5, 0.6) is 0 Å². The Morgan fingerprint density at radius 3 is 2.28 bits per heavy atom. The number of amides is 1. The van der Waals surface area contributed by atoms with Crippen molar-refractivity contribution in [3.8, 4) is 11.3 Å². The van der Waals surface area contributed by atoms with Gasteiger partial charge in [-0.25, -0.2) is 19.2 Å². The highest BCUT2D eigenvalue weighted by molar-refractivity contribution is 6.07. The molecule has 1 amide bonds. The van der Waals surface area contributed by atoms with E-state index in [1.165, 1.54) is 30.5 Å². The number of hydrazone groups is 1. The number of hydrogen-bond donors (Lipinski definition) is 1. The number of nitrogens with one attached hydrogen (secondary N) is 1. The summed E-state index contributed by atoms with van der Waals surface area (Å²) in [6.45, 7) is 0. The first-order chi connectivity index (χ1) is 14.1. The Balaban J connectivity index is 1.67. The predicted molar refractivity (Wildman–Crippen MR) is 109 cm³/mol. The van der Waals surface area contributed by atoms with Crippen molar-refractivity contribution in [1.29, 1.82) is 0 Å². The molecule has 0 radical (unpaired) electrons. The van der Waals surface area contributed by atoms with E-state index in [0.29, 0.717) is 33.3 Å². The van der Waals surface area contributed by atoms with Crippen LogP contribution >= 0.6 is 0 Å². The number of fused-ring (bicyclic) bond motifs is 1. The monoisotopic (exact) mass is 387 g/mol. The molecule has 0 atom stereocenters. The molecule has 6 heteroatoms. The van der Waals surface area contributed by atoms with Crippen molar-refractivity contribution in [2.75, 3.05) is 0 Å². The molecule has 29 heavy (non-hydrogen) atoms. The molecule has 4 aromatic rings. The van der Waals surface area contributed by atoms with Crippen LogP contribution in [0.1, 0.15) is 15.9 Å². The van der Waals surface area contributed by atoms with E-state index in [9.17, 15) is 13.6 Å². The van der Waals surface area contributed by atoms with E-state index in [-0.39, 0.29) is 11.6 Å². The maximum Gasteiger partial charge on any atom is 0.272 e. The smallest absolute Gasteiger partial charge is 0.267 e. The molecule has 0 aliphatic rings. The number of halogens is 2. The standard InChI is InChI=1S/C23H15F2N3O/c24-17-9-5-15(6-10-17)14-26-28-23(29)20-13-22(16-7-11-18(25)12-8-16)27-21-4-2-1-3-19(20)21/h1-14H,(H,28,29). The van der Waals surface area contributed by atoms with Crippen molar-refractivity contribution in [2.45, 2.75) is 0 Å². The van der Waals surface area contributed by atoms with E-state index in [1.54, 1.807) is 42.5 Å². The lowest BCUT2D eigenvalue weighted by atomic mass is 10.0. The van der Waals surface area contributed by atoms with Crippen molar-refractivity contribution in [3.63, 3.8) is 0 Å². The lowest BCUT2D eigenvalue weighted by molar-refractivity contribution is 0.0956. The third-order valence-corrected chi connectivity index (χ3v) is 4.35. The largest absolute Gasteiger partial charge is 0.272 e. The highest BCUT2D eigenvalue weighted by atomic mass is 19.1. The zero-order chi connectivity index (χ0) is 20.2. The van der Waals surface area contributed by atoms with Gasteiger partial charge >= 0.3 is 0 Å². The van der Waals surface area contributed by atoms with Gasteiger partial charge in [-0.2, -0.15) is 5.10 Å². The van der Waals surface area contributed by atoms with Gasteiger partial charge in [-0.1, -0.05) is 30.3 Å². The van der Waals surface area contributed by atoms with Crippen molar-refractivity contribution < 1.29 is 13.6 Å². The third-order valence-electron chi connectivity index (χ3n) is 4.35. The van der Waals surface area contributed by atoms with Crippen LogP contribution in [-0.4, -0.2) is 17.1 Å². The number of nitrogens with zero attached hydrogens (tertiary/aromatic N) is 2. The highest BCUT2D eigenvalue weighted by Gasteiger charge is 2.13. The second-order valence-electron chi connectivity index (χ2n) is 6.33. The zero-order valence-electron chi connectivity index (χ0n) is 15.1. The van der Waals surface area contributed by atoms with E-state index in [0.717, 1.165) is 0 Å². The van der Waals surface area contributed by atoms with E-state index >= 15 is 0 Å². The van der Waals surface area contributed by atoms with Gasteiger partial charge in [-0.05, 0) is 54.1 Å². The number of pyridine rings is 1. The van der Waals surface area contributed by atoms with Gasteiger partial charge in [-0.3, -0.25) is 4.79 Å². The van der Waals surface area contributed by atoms with Crippen LogP contribution in [0, 0.1) is 11.6 Å². The SMILES string of the molecule is O=C(NN=Cc1ccc(F)cc1)c1cc(-c2ccc(F)cc2)nc2ccccc12. The molecule has 0 saturated carbocycles. The summed E-state index contributed by atoms with van der Waals surface area (Å²) in [5.74, 6) is -1.10. The molecule has 0 fully saturated rings. The molecule has 0 spiro atoms. The van der Waals surface area contributed by atoms with Gasteiger partial charge < -0.3 is 0 Å². The number of benzene rings is 3. The van der Waals surface area contributed by atoms with Crippen LogP contribution in [0.15, 0.2) is 84.0 Å². The molecule has 4 nitrogen and oxygen atoms in total. The molecular weight excluding hydrogens is 372 g/mol. The van der Waals surface area contributed by atoms with Crippen LogP contribution in [0.2, 0.25) is 0 Å². The fourth-order valence-corrected chi connectivity index (χ4v) is 2.91. The maximum absolute atomic E-state index is 13.2. The summed E-state index contributed by atoms with van der Waals surface area (Å²) < 4.78 is 26.2. The molecule has 1 heterocycles. The molecule has 0 aliphatic heterocycles. The Hall–Kier alpha value is -3.93. The first-order valence-corrected chi connectivity index (χ1v) is 8.85. The predicted octanol–water partition coefficient (Wildman–Crippen LogP) is 4.94. The summed E-state index contributed by atoms with van der Waals surface area (Å²) in [5.41, 5.74) is 5.43. The zero-order valence-corrected chi connectivity index (χ0v) is 15.1. The topological polar surface area (TPSA) is 54.4 Å². The second-order valence-corrected chi connectivity index (χ2v) is 6.33. The van der Waals surface area contributed by atoms with Gasteiger partial charge in [0, 0.05) is 10.9 Å². The molecule has 0 aliphatic carbocycles. The Bertz CT molecular complexity index is 1200. The molecule has 0 saturated heterocycles. The van der Waals surface area contributed by atoms with E-state index in [4.69, 9.17) is 0 Å². The molecule has 0 unspecified atom stereocenters. The average molecular weight is 387 g/mol. The lowest BCUT2D eigenvalue weighted by Gasteiger charge is -2.09. The van der Waals surface area contributed by atoms with Crippen molar-refractivity contribution in [1.82, 2.24) is 10.4 Å². The number of aromatic nitrogens is 1. The molecule has 0 bridgehead atoms. The number of carbonyl (C=O) groups excluding carboxylic acids is 1. The number of rotatable bonds is 4. The summed E-state index contributed by atoms with van der Waals surface area (Å²) in [7, 11) is 0. The van der Waals surface area contributed by atoms with Gasteiger partial charge in [0.1, 0.15) is 11.6 Å². The summed E-state index contributed by atoms with van der Waals surface area (Å²) >= 11 is 0. The van der Waals surface area contributed by atoms with Gasteiger partial charge in [0.25, 0.3) is 5.91 Å². The minimum atomic E-state index is -0.412. The Labute approximate surface area is 165 Å². The normalized spacial score (nSPS) is 11.1. The maximum atomic E-state index is 13.2. The minimum absolute atomic E-state index is 0.345. The van der Waals surface area contributed by atoms with Crippen LogP contribution in [0.25, 0.3) is 22.2 Å². The quantitative estimate of drug-likeness (QED) is 0.398. The van der Waals surface area contributed by atoms with Gasteiger partial charge in [0.15, 0.2) is 0 Å². The second kappa shape index (κ2) is 7.98. The fourth-order valence-electron chi connectivity index (χ4n) is 2.91. The van der Waals surface area contributed by atoms with Crippen molar-refractivity contribution in [2.24, 2.45) is 5.10 Å². The molecule has 142 valence electrons. The first kappa shape index (κ1) is 18.4. The van der Waals surface area contributed by atoms with Crippen LogP contribution in [-0.2, 0) is 0 Å². The van der Waals surface area contributed by atoms with E-state index in [2.05, 4.69) is 15.5 Å². The number of hydrogen-bond acceptors (Lipinski definition) is 3. The molecular formula is C23H15F2N3O. The average Bonchev–Trinajstić information content (AvgIpc) is 2.75.